The quantitative estimate of drug-likeness (QED) is 0.666. The Kier molecular flexibility index (Phi) is 6.54. The molecule has 2 aromatic rings. The van der Waals surface area contributed by atoms with Gasteiger partial charge in [0.2, 0.25) is 0 Å². The topological polar surface area (TPSA) is 75.7 Å². The van der Waals surface area contributed by atoms with Crippen LogP contribution in [0.25, 0.3) is 0 Å². The number of halogens is 1. The summed E-state index contributed by atoms with van der Waals surface area (Å²) in [5, 5.41) is 2.85. The summed E-state index contributed by atoms with van der Waals surface area (Å²) in [6, 6.07) is 9.52. The summed E-state index contributed by atoms with van der Waals surface area (Å²) in [7, 11) is -3.82. The van der Waals surface area contributed by atoms with Gasteiger partial charge in [-0.25, -0.2) is 12.8 Å². The lowest BCUT2D eigenvalue weighted by molar-refractivity contribution is 0.0944. The highest BCUT2D eigenvalue weighted by Crippen LogP contribution is 2.37. The number of rotatable bonds is 8. The average molecular weight is 421 g/mol. The van der Waals surface area contributed by atoms with Crippen LogP contribution in [0.15, 0.2) is 47.4 Å². The van der Waals surface area contributed by atoms with Crippen LogP contribution in [0, 0.1) is 5.82 Å². The lowest BCUT2D eigenvalue weighted by atomic mass is 10.1. The first kappa shape index (κ1) is 21.3. The highest BCUT2D eigenvalue weighted by Gasteiger charge is 2.36. The molecule has 6 nitrogen and oxygen atoms in total. The van der Waals surface area contributed by atoms with Gasteiger partial charge in [0.15, 0.2) is 0 Å². The molecule has 2 aromatic carbocycles. The molecule has 0 aromatic heterocycles. The van der Waals surface area contributed by atoms with E-state index in [4.69, 9.17) is 4.74 Å². The Balaban J connectivity index is 1.78. The first-order valence-electron chi connectivity index (χ1n) is 9.63. The Morgan fingerprint density at radius 1 is 1.24 bits per heavy atom. The third kappa shape index (κ3) is 4.59. The smallest absolute Gasteiger partial charge is 0.264 e. The van der Waals surface area contributed by atoms with Crippen molar-refractivity contribution in [3.05, 3.63) is 59.4 Å². The van der Waals surface area contributed by atoms with E-state index in [1.807, 2.05) is 13.8 Å². The van der Waals surface area contributed by atoms with Crippen molar-refractivity contribution in [3.63, 3.8) is 0 Å². The zero-order valence-electron chi connectivity index (χ0n) is 16.5. The van der Waals surface area contributed by atoms with Gasteiger partial charge in [-0.2, -0.15) is 0 Å². The molecule has 0 unspecified atom stereocenters. The van der Waals surface area contributed by atoms with Crippen LogP contribution < -0.4 is 9.62 Å². The van der Waals surface area contributed by atoms with Crippen LogP contribution in [0.3, 0.4) is 0 Å². The van der Waals surface area contributed by atoms with Crippen LogP contribution in [0.4, 0.5) is 10.1 Å². The first-order valence-corrected chi connectivity index (χ1v) is 11.1. The van der Waals surface area contributed by atoms with Gasteiger partial charge < -0.3 is 10.1 Å². The lowest BCUT2D eigenvalue weighted by Crippen LogP contribution is -2.35. The standard InChI is InChI=1S/C21H25FN2O4S/c1-3-28-12-4-11-23-21(25)16-5-10-20-17(14-16)13-15(2)24(20)29(26,27)19-8-6-18(22)7-9-19/h5-10,14-15H,3-4,11-13H2,1-2H3,(H,23,25)/t15-/m0/s1. The Labute approximate surface area is 170 Å². The van der Waals surface area contributed by atoms with Crippen molar-refractivity contribution in [2.45, 2.75) is 37.6 Å². The number of hydrogen-bond acceptors (Lipinski definition) is 4. The van der Waals surface area contributed by atoms with Crippen LogP contribution in [-0.4, -0.2) is 40.1 Å². The highest BCUT2D eigenvalue weighted by atomic mass is 32.2. The van der Waals surface area contributed by atoms with Crippen molar-refractivity contribution in [3.8, 4) is 0 Å². The molecule has 1 heterocycles. The second kappa shape index (κ2) is 8.92. The van der Waals surface area contributed by atoms with Gasteiger partial charge >= 0.3 is 0 Å². The van der Waals surface area contributed by atoms with Crippen LogP contribution >= 0.6 is 0 Å². The number of benzene rings is 2. The first-order chi connectivity index (χ1) is 13.8. The van der Waals surface area contributed by atoms with E-state index >= 15 is 0 Å². The number of nitrogens with one attached hydrogen (secondary N) is 1. The molecular weight excluding hydrogens is 395 g/mol. The number of carbonyl (C=O) groups is 1. The maximum atomic E-state index is 13.2. The Morgan fingerprint density at radius 3 is 2.66 bits per heavy atom. The molecule has 0 fully saturated rings. The van der Waals surface area contributed by atoms with Gasteiger partial charge in [-0.1, -0.05) is 0 Å². The molecule has 0 radical (unpaired) electrons. The molecule has 3 rings (SSSR count). The third-order valence-corrected chi connectivity index (χ3v) is 6.76. The van der Waals surface area contributed by atoms with Crippen molar-refractivity contribution in [1.82, 2.24) is 5.32 Å². The second-order valence-electron chi connectivity index (χ2n) is 6.96. The van der Waals surface area contributed by atoms with Gasteiger partial charge in [-0.05, 0) is 74.7 Å². The third-order valence-electron chi connectivity index (χ3n) is 4.82. The summed E-state index contributed by atoms with van der Waals surface area (Å²) in [5.41, 5.74) is 1.84. The fraction of sp³-hybridized carbons (Fsp3) is 0.381. The zero-order chi connectivity index (χ0) is 21.0. The van der Waals surface area contributed by atoms with E-state index in [2.05, 4.69) is 5.32 Å². The predicted octanol–water partition coefficient (Wildman–Crippen LogP) is 3.12. The Hall–Kier alpha value is -2.45. The van der Waals surface area contributed by atoms with E-state index in [0.29, 0.717) is 37.4 Å². The van der Waals surface area contributed by atoms with Gasteiger partial charge in [0.05, 0.1) is 10.6 Å². The maximum absolute atomic E-state index is 13.2. The molecule has 1 aliphatic heterocycles. The Morgan fingerprint density at radius 2 is 1.97 bits per heavy atom. The van der Waals surface area contributed by atoms with Crippen molar-refractivity contribution in [1.29, 1.82) is 0 Å². The lowest BCUT2D eigenvalue weighted by Gasteiger charge is -2.24. The molecule has 0 saturated carbocycles. The van der Waals surface area contributed by atoms with Crippen molar-refractivity contribution < 1.29 is 22.3 Å². The van der Waals surface area contributed by atoms with Crippen LogP contribution in [0.5, 0.6) is 0 Å². The minimum absolute atomic E-state index is 0.0368. The fourth-order valence-corrected chi connectivity index (χ4v) is 5.15. The fourth-order valence-electron chi connectivity index (χ4n) is 3.45. The van der Waals surface area contributed by atoms with Gasteiger partial charge in [-0.3, -0.25) is 9.10 Å². The second-order valence-corrected chi connectivity index (χ2v) is 8.77. The largest absolute Gasteiger partial charge is 0.382 e. The molecule has 0 aliphatic carbocycles. The summed E-state index contributed by atoms with van der Waals surface area (Å²) in [5.74, 6) is -0.687. The molecule has 156 valence electrons. The summed E-state index contributed by atoms with van der Waals surface area (Å²) in [6.45, 7) is 5.48. The van der Waals surface area contributed by atoms with E-state index in [0.717, 1.165) is 24.1 Å². The van der Waals surface area contributed by atoms with E-state index < -0.39 is 15.8 Å². The average Bonchev–Trinajstić information content (AvgIpc) is 3.03. The van der Waals surface area contributed by atoms with Crippen molar-refractivity contribution in [2.24, 2.45) is 0 Å². The number of ether oxygens (including phenoxy) is 1. The molecule has 29 heavy (non-hydrogen) atoms. The number of amides is 1. The van der Waals surface area contributed by atoms with Crippen LogP contribution in [0.1, 0.15) is 36.2 Å². The number of sulfonamides is 1. The highest BCUT2D eigenvalue weighted by molar-refractivity contribution is 7.92. The molecule has 1 amide bonds. The van der Waals surface area contributed by atoms with Crippen molar-refractivity contribution in [2.75, 3.05) is 24.1 Å². The van der Waals surface area contributed by atoms with Crippen LogP contribution in [-0.2, 0) is 21.2 Å². The minimum Gasteiger partial charge on any atom is -0.382 e. The van der Waals surface area contributed by atoms with Gasteiger partial charge in [0.25, 0.3) is 15.9 Å². The summed E-state index contributed by atoms with van der Waals surface area (Å²) in [6.07, 6.45) is 1.23. The minimum atomic E-state index is -3.82. The Bertz CT molecular complexity index is 977. The number of hydrogen-bond donors (Lipinski definition) is 1. The van der Waals surface area contributed by atoms with Gasteiger partial charge in [-0.15, -0.1) is 0 Å². The van der Waals surface area contributed by atoms with Crippen LogP contribution in [0.2, 0.25) is 0 Å². The SMILES string of the molecule is CCOCCCNC(=O)c1ccc2c(c1)C[C@H](C)N2S(=O)(=O)c1ccc(F)cc1. The number of anilines is 1. The number of fused-ring (bicyclic) bond motifs is 1. The van der Waals surface area contributed by atoms with E-state index in [-0.39, 0.29) is 16.8 Å². The van der Waals surface area contributed by atoms with E-state index in [1.165, 1.54) is 16.4 Å². The molecule has 1 atom stereocenters. The molecule has 1 N–H and O–H groups in total. The summed E-state index contributed by atoms with van der Waals surface area (Å²) < 4.78 is 45.9. The summed E-state index contributed by atoms with van der Waals surface area (Å²) in [4.78, 5) is 12.4. The molecular formula is C21H25FN2O4S. The van der Waals surface area contributed by atoms with E-state index in [9.17, 15) is 17.6 Å². The van der Waals surface area contributed by atoms with E-state index in [1.54, 1.807) is 18.2 Å². The number of carbonyl (C=O) groups excluding carboxylic acids is 1. The molecule has 0 spiro atoms. The van der Waals surface area contributed by atoms with Crippen molar-refractivity contribution >= 4 is 21.6 Å². The predicted molar refractivity (Wildman–Crippen MR) is 109 cm³/mol. The monoisotopic (exact) mass is 420 g/mol. The normalized spacial score (nSPS) is 16.0. The molecule has 1 aliphatic rings. The molecule has 0 bridgehead atoms. The molecule has 0 saturated heterocycles. The zero-order valence-corrected chi connectivity index (χ0v) is 17.3. The molecule has 8 heteroatoms. The summed E-state index contributed by atoms with van der Waals surface area (Å²) >= 11 is 0. The van der Waals surface area contributed by atoms with Gasteiger partial charge in [0.1, 0.15) is 5.82 Å². The number of nitrogens with zero attached hydrogens (tertiary/aromatic N) is 1. The van der Waals surface area contributed by atoms with Gasteiger partial charge in [0, 0.05) is 31.4 Å². The maximum Gasteiger partial charge on any atom is 0.264 e.